The Balaban J connectivity index is 1.60. The van der Waals surface area contributed by atoms with E-state index >= 15 is 0 Å². The molecule has 0 radical (unpaired) electrons. The third kappa shape index (κ3) is 6.30. The Morgan fingerprint density at radius 1 is 0.818 bits per heavy atom. The van der Waals surface area contributed by atoms with Crippen LogP contribution in [0.25, 0.3) is 0 Å². The number of hydrogen-bond donors (Lipinski definition) is 3. The number of para-hydroxylation sites is 1. The number of carbonyl (C=O) groups excluding carboxylic acids is 2. The molecule has 0 bridgehead atoms. The second kappa shape index (κ2) is 10.1. The summed E-state index contributed by atoms with van der Waals surface area (Å²) in [6, 6.07) is 16.7. The lowest BCUT2D eigenvalue weighted by Crippen LogP contribution is -2.41. The highest BCUT2D eigenvalue weighted by molar-refractivity contribution is 7.92. The number of nitrogens with one attached hydrogen (secondary N) is 3. The number of hydrogen-bond acceptors (Lipinski definition) is 5. The standard InChI is InChI=1S/C23H22FN3O5S/c1-15(2)32-18-11-7-16(8-12-18)22(28)25-26-23(29)17-9-13-19(14-10-17)33(30,31)27-21-6-4-3-5-20(21)24/h3-15,27H,1-2H3,(H,25,28)(H,26,29). The second-order valence-corrected chi connectivity index (χ2v) is 8.89. The normalized spacial score (nSPS) is 11.0. The van der Waals surface area contributed by atoms with Crippen LogP contribution in [0.1, 0.15) is 34.6 Å². The summed E-state index contributed by atoms with van der Waals surface area (Å²) in [5.41, 5.74) is 4.79. The van der Waals surface area contributed by atoms with Crippen LogP contribution in [-0.2, 0) is 10.0 Å². The molecule has 3 aromatic rings. The molecule has 3 N–H and O–H groups in total. The van der Waals surface area contributed by atoms with Crippen molar-refractivity contribution >= 4 is 27.5 Å². The summed E-state index contributed by atoms with van der Waals surface area (Å²) in [5.74, 6) is -1.28. The van der Waals surface area contributed by atoms with Crippen LogP contribution in [0.2, 0.25) is 0 Å². The molecule has 0 spiro atoms. The minimum Gasteiger partial charge on any atom is -0.491 e. The zero-order valence-electron chi connectivity index (χ0n) is 17.8. The van der Waals surface area contributed by atoms with Crippen LogP contribution in [0.5, 0.6) is 5.75 Å². The number of halogens is 1. The van der Waals surface area contributed by atoms with E-state index in [1.54, 1.807) is 24.3 Å². The first-order valence-electron chi connectivity index (χ1n) is 9.90. The number of amides is 2. The van der Waals surface area contributed by atoms with Gasteiger partial charge in [-0.2, -0.15) is 0 Å². The highest BCUT2D eigenvalue weighted by atomic mass is 32.2. The van der Waals surface area contributed by atoms with Crippen LogP contribution in [0.15, 0.2) is 77.7 Å². The minimum atomic E-state index is -4.05. The van der Waals surface area contributed by atoms with Crippen molar-refractivity contribution < 1.29 is 27.1 Å². The van der Waals surface area contributed by atoms with Crippen LogP contribution >= 0.6 is 0 Å². The number of rotatable bonds is 7. The van der Waals surface area contributed by atoms with Crippen LogP contribution in [-0.4, -0.2) is 26.3 Å². The van der Waals surface area contributed by atoms with E-state index in [1.807, 2.05) is 13.8 Å². The van der Waals surface area contributed by atoms with Crippen LogP contribution in [0.3, 0.4) is 0 Å². The first-order chi connectivity index (χ1) is 15.7. The van der Waals surface area contributed by atoms with Crippen molar-refractivity contribution in [1.82, 2.24) is 10.9 Å². The molecule has 0 heterocycles. The second-order valence-electron chi connectivity index (χ2n) is 7.21. The summed E-state index contributed by atoms with van der Waals surface area (Å²) >= 11 is 0. The van der Waals surface area contributed by atoms with Crippen molar-refractivity contribution in [2.24, 2.45) is 0 Å². The van der Waals surface area contributed by atoms with E-state index in [1.165, 1.54) is 42.5 Å². The van der Waals surface area contributed by atoms with Crippen molar-refractivity contribution in [3.05, 3.63) is 89.7 Å². The molecule has 0 aliphatic heterocycles. The Hall–Kier alpha value is -3.92. The molecule has 10 heteroatoms. The molecular formula is C23H22FN3O5S. The van der Waals surface area contributed by atoms with E-state index in [0.717, 1.165) is 6.07 Å². The highest BCUT2D eigenvalue weighted by Crippen LogP contribution is 2.19. The van der Waals surface area contributed by atoms with E-state index < -0.39 is 27.7 Å². The molecule has 0 fully saturated rings. The van der Waals surface area contributed by atoms with Crippen LogP contribution in [0.4, 0.5) is 10.1 Å². The van der Waals surface area contributed by atoms with E-state index in [4.69, 9.17) is 4.74 Å². The van der Waals surface area contributed by atoms with Gasteiger partial charge in [-0.25, -0.2) is 12.8 Å². The van der Waals surface area contributed by atoms with Crippen molar-refractivity contribution in [3.8, 4) is 5.75 Å². The zero-order valence-corrected chi connectivity index (χ0v) is 18.6. The smallest absolute Gasteiger partial charge is 0.269 e. The van der Waals surface area contributed by atoms with Gasteiger partial charge in [0.15, 0.2) is 0 Å². The number of benzene rings is 3. The molecule has 0 atom stereocenters. The Kier molecular flexibility index (Phi) is 7.29. The Morgan fingerprint density at radius 3 is 1.85 bits per heavy atom. The Morgan fingerprint density at radius 2 is 1.33 bits per heavy atom. The van der Waals surface area contributed by atoms with Gasteiger partial charge in [0.25, 0.3) is 21.8 Å². The maximum Gasteiger partial charge on any atom is 0.269 e. The van der Waals surface area contributed by atoms with E-state index in [9.17, 15) is 22.4 Å². The molecule has 8 nitrogen and oxygen atoms in total. The molecule has 0 aliphatic carbocycles. The zero-order chi connectivity index (χ0) is 24.0. The summed E-state index contributed by atoms with van der Waals surface area (Å²) in [6.07, 6.45) is 0.000581. The van der Waals surface area contributed by atoms with Crippen LogP contribution < -0.4 is 20.3 Å². The number of carbonyl (C=O) groups is 2. The van der Waals surface area contributed by atoms with Crippen molar-refractivity contribution in [2.75, 3.05) is 4.72 Å². The number of hydrazine groups is 1. The van der Waals surface area contributed by atoms with Gasteiger partial charge in [-0.15, -0.1) is 0 Å². The first kappa shape index (κ1) is 23.7. The Bertz CT molecular complexity index is 1240. The van der Waals surface area contributed by atoms with Gasteiger partial charge in [-0.05, 0) is 74.5 Å². The topological polar surface area (TPSA) is 114 Å². The van der Waals surface area contributed by atoms with Crippen molar-refractivity contribution in [2.45, 2.75) is 24.8 Å². The highest BCUT2D eigenvalue weighted by Gasteiger charge is 2.17. The van der Waals surface area contributed by atoms with Gasteiger partial charge in [0.2, 0.25) is 0 Å². The minimum absolute atomic E-state index is 0.000581. The fourth-order valence-corrected chi connectivity index (χ4v) is 3.82. The average molecular weight is 472 g/mol. The van der Waals surface area contributed by atoms with Gasteiger partial charge in [-0.3, -0.25) is 25.2 Å². The molecule has 0 saturated carbocycles. The summed E-state index contributed by atoms with van der Waals surface area (Å²) in [4.78, 5) is 24.4. The fraction of sp³-hybridized carbons (Fsp3) is 0.130. The monoisotopic (exact) mass is 471 g/mol. The number of ether oxygens (including phenoxy) is 1. The molecule has 0 unspecified atom stereocenters. The molecular weight excluding hydrogens is 449 g/mol. The van der Waals surface area contributed by atoms with Crippen molar-refractivity contribution in [1.29, 1.82) is 0 Å². The molecule has 33 heavy (non-hydrogen) atoms. The molecule has 3 aromatic carbocycles. The lowest BCUT2D eigenvalue weighted by molar-refractivity contribution is 0.0846. The lowest BCUT2D eigenvalue weighted by atomic mass is 10.2. The number of sulfonamides is 1. The van der Waals surface area contributed by atoms with Crippen LogP contribution in [0, 0.1) is 5.82 Å². The quantitative estimate of drug-likeness (QED) is 0.457. The van der Waals surface area contributed by atoms with Gasteiger partial charge in [0, 0.05) is 11.1 Å². The van der Waals surface area contributed by atoms with Gasteiger partial charge >= 0.3 is 0 Å². The predicted molar refractivity (Wildman–Crippen MR) is 121 cm³/mol. The number of anilines is 1. The molecule has 172 valence electrons. The predicted octanol–water partition coefficient (Wildman–Crippen LogP) is 3.49. The third-order valence-corrected chi connectivity index (χ3v) is 5.70. The van der Waals surface area contributed by atoms with Gasteiger partial charge < -0.3 is 4.74 Å². The Labute approximate surface area is 190 Å². The van der Waals surface area contributed by atoms with E-state index in [2.05, 4.69) is 15.6 Å². The molecule has 0 aromatic heterocycles. The average Bonchev–Trinajstić information content (AvgIpc) is 2.79. The molecule has 0 aliphatic rings. The van der Waals surface area contributed by atoms with Gasteiger partial charge in [0.1, 0.15) is 11.6 Å². The summed E-state index contributed by atoms with van der Waals surface area (Å²) in [7, 11) is -4.05. The van der Waals surface area contributed by atoms with Gasteiger partial charge in [0.05, 0.1) is 16.7 Å². The fourth-order valence-electron chi connectivity index (χ4n) is 2.75. The molecule has 3 rings (SSSR count). The van der Waals surface area contributed by atoms with E-state index in [0.29, 0.717) is 11.3 Å². The molecule has 0 saturated heterocycles. The maximum atomic E-state index is 13.7. The molecule has 2 amide bonds. The van der Waals surface area contributed by atoms with E-state index in [-0.39, 0.29) is 22.3 Å². The summed E-state index contributed by atoms with van der Waals surface area (Å²) in [5, 5.41) is 0. The largest absolute Gasteiger partial charge is 0.491 e. The lowest BCUT2D eigenvalue weighted by Gasteiger charge is -2.11. The third-order valence-electron chi connectivity index (χ3n) is 4.32. The van der Waals surface area contributed by atoms with Gasteiger partial charge in [-0.1, -0.05) is 12.1 Å². The summed E-state index contributed by atoms with van der Waals surface area (Å²) in [6.45, 7) is 3.77. The van der Waals surface area contributed by atoms with Crippen molar-refractivity contribution in [3.63, 3.8) is 0 Å². The SMILES string of the molecule is CC(C)Oc1ccc(C(=O)NNC(=O)c2ccc(S(=O)(=O)Nc3ccccc3F)cc2)cc1. The maximum absolute atomic E-state index is 13.7. The summed E-state index contributed by atoms with van der Waals surface area (Å²) < 4.78 is 46.3. The first-order valence-corrected chi connectivity index (χ1v) is 11.4.